The predicted octanol–water partition coefficient (Wildman–Crippen LogP) is 2.79. The van der Waals surface area contributed by atoms with Crippen molar-refractivity contribution in [3.05, 3.63) is 56.4 Å². The van der Waals surface area contributed by atoms with E-state index in [1.54, 1.807) is 17.4 Å². The molecule has 3 heterocycles. The Morgan fingerprint density at radius 3 is 2.71 bits per heavy atom. The first-order chi connectivity index (χ1) is 14.9. The second-order valence-corrected chi connectivity index (χ2v) is 9.45. The first-order valence-electron chi connectivity index (χ1n) is 10.7. The van der Waals surface area contributed by atoms with E-state index in [1.807, 2.05) is 4.90 Å². The van der Waals surface area contributed by atoms with E-state index >= 15 is 0 Å². The number of hydrogen-bond donors (Lipinski definition) is 2. The Labute approximate surface area is 181 Å². The summed E-state index contributed by atoms with van der Waals surface area (Å²) in [6, 6.07) is 5.51. The molecule has 9 heteroatoms. The molecule has 5 nitrogen and oxygen atoms in total. The highest BCUT2D eigenvalue weighted by Crippen LogP contribution is 2.33. The zero-order valence-corrected chi connectivity index (χ0v) is 17.8. The maximum atomic E-state index is 13.0. The smallest absolute Gasteiger partial charge is 0.360 e. The van der Waals surface area contributed by atoms with Crippen molar-refractivity contribution >= 4 is 27.2 Å². The van der Waals surface area contributed by atoms with Crippen LogP contribution in [0.1, 0.15) is 34.7 Å². The van der Waals surface area contributed by atoms with E-state index in [4.69, 9.17) is 4.98 Å². The van der Waals surface area contributed by atoms with Gasteiger partial charge in [0.15, 0.2) is 5.82 Å². The third-order valence-corrected chi connectivity index (χ3v) is 7.49. The normalized spacial score (nSPS) is 17.8. The molecular weight excluding hydrogens is 425 g/mol. The van der Waals surface area contributed by atoms with E-state index in [2.05, 4.69) is 4.98 Å². The van der Waals surface area contributed by atoms with Gasteiger partial charge in [-0.05, 0) is 49.4 Å². The molecular formula is C22H24F3N4OS+. The summed E-state index contributed by atoms with van der Waals surface area (Å²) in [6.07, 6.45) is -0.0401. The Bertz CT molecular complexity index is 1160. The molecule has 0 radical (unpaired) electrons. The van der Waals surface area contributed by atoms with Crippen molar-refractivity contribution in [3.8, 4) is 0 Å². The molecule has 164 valence electrons. The molecule has 2 aliphatic rings. The van der Waals surface area contributed by atoms with Crippen molar-refractivity contribution in [1.82, 2.24) is 9.97 Å². The fourth-order valence-electron chi connectivity index (χ4n) is 4.67. The van der Waals surface area contributed by atoms with Gasteiger partial charge in [0.05, 0.1) is 37.1 Å². The van der Waals surface area contributed by atoms with Crippen LogP contribution in [0, 0.1) is 0 Å². The molecule has 0 bridgehead atoms. The number of fused-ring (bicyclic) bond motifs is 3. The van der Waals surface area contributed by atoms with Crippen LogP contribution in [0.25, 0.3) is 10.2 Å². The Morgan fingerprint density at radius 1 is 1.16 bits per heavy atom. The highest BCUT2D eigenvalue weighted by molar-refractivity contribution is 7.18. The third-order valence-electron chi connectivity index (χ3n) is 6.30. The summed E-state index contributed by atoms with van der Waals surface area (Å²) in [5.41, 5.74) is 1.13. The minimum Gasteiger partial charge on any atom is -0.360 e. The molecule has 0 spiro atoms. The van der Waals surface area contributed by atoms with Crippen LogP contribution in [0.5, 0.6) is 0 Å². The number of piperazine rings is 1. The number of aryl methyl sites for hydroxylation is 2. The molecule has 0 saturated carbocycles. The second kappa shape index (κ2) is 7.94. The van der Waals surface area contributed by atoms with Crippen molar-refractivity contribution in [2.24, 2.45) is 0 Å². The molecule has 1 saturated heterocycles. The molecule has 3 aromatic rings. The quantitative estimate of drug-likeness (QED) is 0.647. The number of aromatic amines is 1. The Morgan fingerprint density at radius 2 is 1.94 bits per heavy atom. The molecule has 0 unspecified atom stereocenters. The summed E-state index contributed by atoms with van der Waals surface area (Å²) in [5, 5.41) is 0.771. The Kier molecular flexibility index (Phi) is 5.26. The fraction of sp³-hybridized carbons (Fsp3) is 0.455. The molecule has 5 rings (SSSR count). The fourth-order valence-corrected chi connectivity index (χ4v) is 5.95. The van der Waals surface area contributed by atoms with Crippen LogP contribution in [-0.2, 0) is 25.6 Å². The first kappa shape index (κ1) is 20.5. The van der Waals surface area contributed by atoms with Crippen LogP contribution in [0.4, 0.5) is 18.9 Å². The number of aromatic nitrogens is 2. The Balaban J connectivity index is 1.28. The van der Waals surface area contributed by atoms with Gasteiger partial charge in [0.25, 0.3) is 5.56 Å². The molecule has 1 aliphatic carbocycles. The second-order valence-electron chi connectivity index (χ2n) is 8.37. The van der Waals surface area contributed by atoms with Gasteiger partial charge < -0.3 is 14.8 Å². The SMILES string of the molecule is O=c1[nH]c(C[NH+]2CCN(c3cccc(C(F)(F)F)c3)CC2)nc2sc3c(c12)CCCC3. The lowest BCUT2D eigenvalue weighted by Crippen LogP contribution is -3.13. The summed E-state index contributed by atoms with van der Waals surface area (Å²) >= 11 is 1.65. The van der Waals surface area contributed by atoms with Crippen LogP contribution in [0.15, 0.2) is 29.1 Å². The minimum atomic E-state index is -4.33. The van der Waals surface area contributed by atoms with E-state index in [0.717, 1.165) is 48.6 Å². The molecule has 2 N–H and O–H groups in total. The number of H-pyrrole nitrogens is 1. The van der Waals surface area contributed by atoms with Crippen molar-refractivity contribution in [2.75, 3.05) is 31.1 Å². The number of alkyl halides is 3. The van der Waals surface area contributed by atoms with Crippen LogP contribution in [-0.4, -0.2) is 36.1 Å². The van der Waals surface area contributed by atoms with Crippen LogP contribution >= 0.6 is 11.3 Å². The molecule has 0 atom stereocenters. The standard InChI is InChI=1S/C22H23F3N4OS/c23-22(24,25)14-4-3-5-15(12-14)29-10-8-28(9-11-29)13-18-26-20(30)19-16-6-1-2-7-17(16)31-21(19)27-18/h3-5,12H,1-2,6-11,13H2,(H,26,27,30)/p+1. The highest BCUT2D eigenvalue weighted by atomic mass is 32.1. The number of rotatable bonds is 3. The largest absolute Gasteiger partial charge is 0.416 e. The number of thiophene rings is 1. The molecule has 31 heavy (non-hydrogen) atoms. The van der Waals surface area contributed by atoms with E-state index in [-0.39, 0.29) is 5.56 Å². The van der Waals surface area contributed by atoms with E-state index in [0.29, 0.717) is 31.1 Å². The number of quaternary nitrogens is 1. The average molecular weight is 450 g/mol. The number of benzene rings is 1. The van der Waals surface area contributed by atoms with E-state index in [1.165, 1.54) is 33.9 Å². The van der Waals surface area contributed by atoms with Crippen molar-refractivity contribution in [1.29, 1.82) is 0 Å². The van der Waals surface area contributed by atoms with Crippen molar-refractivity contribution < 1.29 is 18.1 Å². The molecule has 2 aromatic heterocycles. The van der Waals surface area contributed by atoms with Crippen molar-refractivity contribution in [2.45, 2.75) is 38.4 Å². The van der Waals surface area contributed by atoms with Gasteiger partial charge in [0, 0.05) is 10.6 Å². The van der Waals surface area contributed by atoms with Gasteiger partial charge in [-0.15, -0.1) is 11.3 Å². The zero-order valence-electron chi connectivity index (χ0n) is 17.0. The van der Waals surface area contributed by atoms with Gasteiger partial charge in [0.1, 0.15) is 11.4 Å². The number of nitrogens with one attached hydrogen (secondary N) is 2. The van der Waals surface area contributed by atoms with E-state index < -0.39 is 11.7 Å². The molecule has 1 aliphatic heterocycles. The first-order valence-corrected chi connectivity index (χ1v) is 11.5. The lowest BCUT2D eigenvalue weighted by molar-refractivity contribution is -0.915. The van der Waals surface area contributed by atoms with Gasteiger partial charge in [-0.1, -0.05) is 6.07 Å². The average Bonchev–Trinajstić information content (AvgIpc) is 3.12. The van der Waals surface area contributed by atoms with Crippen LogP contribution < -0.4 is 15.4 Å². The van der Waals surface area contributed by atoms with Gasteiger partial charge in [-0.3, -0.25) is 4.79 Å². The minimum absolute atomic E-state index is 0.0404. The van der Waals surface area contributed by atoms with Crippen molar-refractivity contribution in [3.63, 3.8) is 0 Å². The third kappa shape index (κ3) is 4.08. The topological polar surface area (TPSA) is 53.4 Å². The van der Waals surface area contributed by atoms with Gasteiger partial charge in [0.2, 0.25) is 0 Å². The summed E-state index contributed by atoms with van der Waals surface area (Å²) in [4.78, 5) is 25.9. The molecule has 0 amide bonds. The number of nitrogens with zero attached hydrogens (tertiary/aromatic N) is 2. The van der Waals surface area contributed by atoms with Gasteiger partial charge in [-0.25, -0.2) is 4.98 Å². The lowest BCUT2D eigenvalue weighted by Gasteiger charge is -2.33. The molecule has 1 aromatic carbocycles. The van der Waals surface area contributed by atoms with Gasteiger partial charge in [-0.2, -0.15) is 13.2 Å². The molecule has 1 fully saturated rings. The van der Waals surface area contributed by atoms with Crippen LogP contribution in [0.2, 0.25) is 0 Å². The summed E-state index contributed by atoms with van der Waals surface area (Å²) < 4.78 is 39.0. The zero-order chi connectivity index (χ0) is 21.6. The number of hydrogen-bond acceptors (Lipinski definition) is 4. The van der Waals surface area contributed by atoms with Crippen LogP contribution in [0.3, 0.4) is 0 Å². The summed E-state index contributed by atoms with van der Waals surface area (Å²) in [6.45, 7) is 3.49. The maximum absolute atomic E-state index is 13.0. The Hall–Kier alpha value is -2.39. The highest BCUT2D eigenvalue weighted by Gasteiger charge is 2.31. The van der Waals surface area contributed by atoms with Gasteiger partial charge >= 0.3 is 6.18 Å². The predicted molar refractivity (Wildman–Crippen MR) is 115 cm³/mol. The monoisotopic (exact) mass is 449 g/mol. The summed E-state index contributed by atoms with van der Waals surface area (Å²) in [7, 11) is 0. The number of anilines is 1. The number of halogens is 3. The maximum Gasteiger partial charge on any atom is 0.416 e. The lowest BCUT2D eigenvalue weighted by atomic mass is 9.97. The van der Waals surface area contributed by atoms with E-state index in [9.17, 15) is 18.0 Å². The summed E-state index contributed by atoms with van der Waals surface area (Å²) in [5.74, 6) is 0.693.